The summed E-state index contributed by atoms with van der Waals surface area (Å²) in [7, 11) is 1.56. The van der Waals surface area contributed by atoms with Gasteiger partial charge < -0.3 is 9.84 Å². The molecular weight excluding hydrogens is 236 g/mol. The second kappa shape index (κ2) is 16.0. The van der Waals surface area contributed by atoms with Crippen molar-refractivity contribution in [2.75, 3.05) is 7.11 Å². The van der Waals surface area contributed by atoms with E-state index in [1.54, 1.807) is 7.11 Å². The molecule has 0 aliphatic rings. The lowest BCUT2D eigenvalue weighted by Gasteiger charge is -2.07. The Morgan fingerprint density at radius 3 is 1.42 bits per heavy atom. The number of ether oxygens (including phenoxy) is 1. The topological polar surface area (TPSA) is 29.5 Å². The highest BCUT2D eigenvalue weighted by molar-refractivity contribution is 4.49. The summed E-state index contributed by atoms with van der Waals surface area (Å²) in [6.07, 6.45) is 18.0. The van der Waals surface area contributed by atoms with Crippen LogP contribution in [0.4, 0.5) is 0 Å². The van der Waals surface area contributed by atoms with E-state index in [0.717, 1.165) is 12.8 Å². The van der Waals surface area contributed by atoms with Gasteiger partial charge in [0.25, 0.3) is 0 Å². The van der Waals surface area contributed by atoms with Crippen LogP contribution in [-0.2, 0) is 4.74 Å². The summed E-state index contributed by atoms with van der Waals surface area (Å²) in [6.45, 7) is 2.27. The molecule has 0 aromatic carbocycles. The third-order valence-corrected chi connectivity index (χ3v) is 3.83. The summed E-state index contributed by atoms with van der Waals surface area (Å²) in [5, 5.41) is 9.21. The molecule has 0 aromatic heterocycles. The van der Waals surface area contributed by atoms with Crippen molar-refractivity contribution in [2.45, 2.75) is 103 Å². The minimum Gasteiger partial charge on any atom is -0.368 e. The molecule has 2 heteroatoms. The highest BCUT2D eigenvalue weighted by atomic mass is 16.6. The highest BCUT2D eigenvalue weighted by Gasteiger charge is 1.99. The van der Waals surface area contributed by atoms with Crippen LogP contribution in [0.3, 0.4) is 0 Å². The first-order chi connectivity index (χ1) is 9.31. The maximum Gasteiger partial charge on any atom is 0.154 e. The van der Waals surface area contributed by atoms with Crippen molar-refractivity contribution in [3.8, 4) is 0 Å². The molecule has 0 aliphatic carbocycles. The minimum absolute atomic E-state index is 0.548. The average Bonchev–Trinajstić information content (AvgIpc) is 2.43. The Hall–Kier alpha value is -0.0800. The Kier molecular flexibility index (Phi) is 15.9. The predicted octanol–water partition coefficient (Wildman–Crippen LogP) is 5.43. The summed E-state index contributed by atoms with van der Waals surface area (Å²) >= 11 is 0. The molecule has 0 bridgehead atoms. The third kappa shape index (κ3) is 15.9. The van der Waals surface area contributed by atoms with Crippen LogP contribution in [0.25, 0.3) is 0 Å². The van der Waals surface area contributed by atoms with E-state index in [1.807, 2.05) is 0 Å². The van der Waals surface area contributed by atoms with Crippen LogP contribution in [0.1, 0.15) is 96.8 Å². The zero-order chi connectivity index (χ0) is 14.2. The Bertz CT molecular complexity index is 159. The van der Waals surface area contributed by atoms with Gasteiger partial charge in [-0.1, -0.05) is 84.0 Å². The Balaban J connectivity index is 2.95. The van der Waals surface area contributed by atoms with E-state index in [-0.39, 0.29) is 0 Å². The molecular formula is C17H36O2. The molecule has 116 valence electrons. The van der Waals surface area contributed by atoms with Gasteiger partial charge in [0.2, 0.25) is 0 Å². The molecule has 0 radical (unpaired) electrons. The molecule has 0 saturated carbocycles. The van der Waals surface area contributed by atoms with Crippen molar-refractivity contribution < 1.29 is 9.84 Å². The largest absolute Gasteiger partial charge is 0.368 e. The molecule has 0 amide bonds. The van der Waals surface area contributed by atoms with Crippen molar-refractivity contribution in [1.82, 2.24) is 0 Å². The van der Waals surface area contributed by atoms with E-state index in [9.17, 15) is 5.11 Å². The van der Waals surface area contributed by atoms with Gasteiger partial charge in [0.1, 0.15) is 0 Å². The van der Waals surface area contributed by atoms with Crippen LogP contribution in [-0.4, -0.2) is 18.5 Å². The molecule has 0 aromatic rings. The normalized spacial score (nSPS) is 12.8. The van der Waals surface area contributed by atoms with Crippen molar-refractivity contribution >= 4 is 0 Å². The maximum atomic E-state index is 9.21. The fraction of sp³-hybridized carbons (Fsp3) is 1.00. The monoisotopic (exact) mass is 272 g/mol. The predicted molar refractivity (Wildman–Crippen MR) is 83.3 cm³/mol. The molecule has 1 N–H and O–H groups in total. The Morgan fingerprint density at radius 1 is 0.684 bits per heavy atom. The molecule has 1 unspecified atom stereocenters. The molecule has 0 heterocycles. The first-order valence-electron chi connectivity index (χ1n) is 8.52. The summed E-state index contributed by atoms with van der Waals surface area (Å²) in [6, 6.07) is 0. The SMILES string of the molecule is CCCCCCCCCCCCCCCC(O)OC. The molecule has 19 heavy (non-hydrogen) atoms. The van der Waals surface area contributed by atoms with Gasteiger partial charge >= 0.3 is 0 Å². The van der Waals surface area contributed by atoms with Gasteiger partial charge in [0, 0.05) is 7.11 Å². The first kappa shape index (κ1) is 18.9. The van der Waals surface area contributed by atoms with E-state index < -0.39 is 6.29 Å². The van der Waals surface area contributed by atoms with E-state index in [0.29, 0.717) is 0 Å². The number of methoxy groups -OCH3 is 1. The lowest BCUT2D eigenvalue weighted by molar-refractivity contribution is -0.0793. The van der Waals surface area contributed by atoms with E-state index >= 15 is 0 Å². The molecule has 0 spiro atoms. The van der Waals surface area contributed by atoms with Crippen molar-refractivity contribution in [3.63, 3.8) is 0 Å². The van der Waals surface area contributed by atoms with Gasteiger partial charge in [0.05, 0.1) is 0 Å². The quantitative estimate of drug-likeness (QED) is 0.318. The summed E-state index contributed by atoms with van der Waals surface area (Å²) in [5.41, 5.74) is 0. The van der Waals surface area contributed by atoms with Crippen LogP contribution in [0.2, 0.25) is 0 Å². The second-order valence-electron chi connectivity index (χ2n) is 5.72. The highest BCUT2D eigenvalue weighted by Crippen LogP contribution is 2.13. The Morgan fingerprint density at radius 2 is 1.05 bits per heavy atom. The van der Waals surface area contributed by atoms with Crippen molar-refractivity contribution in [1.29, 1.82) is 0 Å². The fourth-order valence-electron chi connectivity index (χ4n) is 2.45. The van der Waals surface area contributed by atoms with Gasteiger partial charge in [-0.15, -0.1) is 0 Å². The van der Waals surface area contributed by atoms with Gasteiger partial charge in [-0.2, -0.15) is 0 Å². The van der Waals surface area contributed by atoms with Crippen LogP contribution in [0.15, 0.2) is 0 Å². The van der Waals surface area contributed by atoms with E-state index in [2.05, 4.69) is 6.92 Å². The number of unbranched alkanes of at least 4 members (excludes halogenated alkanes) is 12. The number of rotatable bonds is 15. The second-order valence-corrected chi connectivity index (χ2v) is 5.72. The third-order valence-electron chi connectivity index (χ3n) is 3.83. The molecule has 2 nitrogen and oxygen atoms in total. The lowest BCUT2D eigenvalue weighted by atomic mass is 10.0. The zero-order valence-corrected chi connectivity index (χ0v) is 13.3. The molecule has 0 rings (SSSR count). The fourth-order valence-corrected chi connectivity index (χ4v) is 2.45. The van der Waals surface area contributed by atoms with Crippen LogP contribution in [0, 0.1) is 0 Å². The number of aliphatic hydroxyl groups is 1. The standard InChI is InChI=1S/C17H36O2/c1-3-4-5-6-7-8-9-10-11-12-13-14-15-16-17(18)19-2/h17-18H,3-16H2,1-2H3. The van der Waals surface area contributed by atoms with Crippen LogP contribution in [0.5, 0.6) is 0 Å². The zero-order valence-electron chi connectivity index (χ0n) is 13.3. The molecule has 0 aliphatic heterocycles. The van der Waals surface area contributed by atoms with Gasteiger partial charge in [0.15, 0.2) is 6.29 Å². The minimum atomic E-state index is -0.548. The summed E-state index contributed by atoms with van der Waals surface area (Å²) < 4.78 is 4.81. The van der Waals surface area contributed by atoms with Crippen molar-refractivity contribution in [2.24, 2.45) is 0 Å². The lowest BCUT2D eigenvalue weighted by Crippen LogP contribution is -2.07. The van der Waals surface area contributed by atoms with E-state index in [4.69, 9.17) is 4.74 Å². The first-order valence-corrected chi connectivity index (χ1v) is 8.52. The maximum absolute atomic E-state index is 9.21. The molecule has 0 fully saturated rings. The Labute approximate surface area is 120 Å². The number of hydrogen-bond donors (Lipinski definition) is 1. The summed E-state index contributed by atoms with van der Waals surface area (Å²) in [5.74, 6) is 0. The smallest absolute Gasteiger partial charge is 0.154 e. The van der Waals surface area contributed by atoms with Crippen LogP contribution >= 0.6 is 0 Å². The van der Waals surface area contributed by atoms with Crippen LogP contribution < -0.4 is 0 Å². The van der Waals surface area contributed by atoms with Crippen molar-refractivity contribution in [3.05, 3.63) is 0 Å². The number of hydrogen-bond acceptors (Lipinski definition) is 2. The van der Waals surface area contributed by atoms with Gasteiger partial charge in [-0.3, -0.25) is 0 Å². The molecule has 1 atom stereocenters. The number of aliphatic hydroxyl groups excluding tert-OH is 1. The average molecular weight is 272 g/mol. The van der Waals surface area contributed by atoms with E-state index in [1.165, 1.54) is 77.0 Å². The summed E-state index contributed by atoms with van der Waals surface area (Å²) in [4.78, 5) is 0. The molecule has 0 saturated heterocycles. The van der Waals surface area contributed by atoms with Gasteiger partial charge in [-0.25, -0.2) is 0 Å². The van der Waals surface area contributed by atoms with Gasteiger partial charge in [-0.05, 0) is 12.8 Å².